The molecule has 3 aromatic carbocycles. The molecule has 47 heavy (non-hydrogen) atoms. The molecule has 4 aromatic rings. The van der Waals surface area contributed by atoms with Gasteiger partial charge in [-0.15, -0.1) is 0 Å². The van der Waals surface area contributed by atoms with Gasteiger partial charge in [-0.2, -0.15) is 0 Å². The second kappa shape index (κ2) is 15.0. The lowest BCUT2D eigenvalue weighted by atomic mass is 10.0. The molecule has 0 aliphatic carbocycles. The highest BCUT2D eigenvalue weighted by Gasteiger charge is 2.33. The number of hydrogen-bond acceptors (Lipinski definition) is 4. The minimum Gasteiger partial charge on any atom is -0.328 e. The number of hydrogen-bond donors (Lipinski definition) is 2. The van der Waals surface area contributed by atoms with E-state index in [1.807, 2.05) is 52.3 Å². The summed E-state index contributed by atoms with van der Waals surface area (Å²) in [6.45, 7) is 3.47. The number of aryl methyl sites for hydroxylation is 1. The Morgan fingerprint density at radius 1 is 1.06 bits per heavy atom. The van der Waals surface area contributed by atoms with Crippen LogP contribution in [-0.4, -0.2) is 82.6 Å². The Labute approximate surface area is 297 Å². The van der Waals surface area contributed by atoms with Gasteiger partial charge >= 0.3 is 12.1 Å². The van der Waals surface area contributed by atoms with Gasteiger partial charge in [0.25, 0.3) is 0 Å². The Kier molecular flexibility index (Phi) is 10.8. The Balaban J connectivity index is 1.21. The number of carbonyl (C=O) groups excluding carboxylic acids is 2. The number of carbonyl (C=O) groups is 2. The fourth-order valence-electron chi connectivity index (χ4n) is 6.63. The van der Waals surface area contributed by atoms with Crippen LogP contribution in [0.5, 0.6) is 0 Å². The monoisotopic (exact) mass is 783 g/mol. The van der Waals surface area contributed by atoms with Crippen molar-refractivity contribution in [2.24, 2.45) is 0 Å². The number of rotatable bonds is 9. The molecule has 2 aliphatic rings. The molecule has 0 spiro atoms. The number of anilines is 1. The molecule has 9 nitrogen and oxygen atoms in total. The number of benzene rings is 3. The largest absolute Gasteiger partial charge is 0.328 e. The summed E-state index contributed by atoms with van der Waals surface area (Å²) in [6.07, 6.45) is 3.74. The third kappa shape index (κ3) is 7.96. The summed E-state index contributed by atoms with van der Waals surface area (Å²) in [7, 11) is 4.14. The maximum atomic E-state index is 14.0. The van der Waals surface area contributed by atoms with Crippen molar-refractivity contribution < 1.29 is 9.59 Å². The average Bonchev–Trinajstić information content (AvgIpc) is 3.30. The van der Waals surface area contributed by atoms with Crippen LogP contribution in [0.3, 0.4) is 0 Å². The number of aromatic nitrogens is 2. The smallest absolute Gasteiger partial charge is 0.322 e. The predicted octanol–water partition coefficient (Wildman–Crippen LogP) is 7.71. The summed E-state index contributed by atoms with van der Waals surface area (Å²) in [5.41, 5.74) is 4.92. The van der Waals surface area contributed by atoms with Crippen molar-refractivity contribution in [1.82, 2.24) is 29.6 Å². The number of piperidine rings is 1. The summed E-state index contributed by atoms with van der Waals surface area (Å²) in [5.74, 6) is 0.809. The van der Waals surface area contributed by atoms with Crippen molar-refractivity contribution >= 4 is 72.2 Å². The van der Waals surface area contributed by atoms with E-state index in [1.165, 1.54) is 0 Å². The zero-order chi connectivity index (χ0) is 33.1. The number of amides is 4. The third-order valence-corrected chi connectivity index (χ3v) is 11.2. The van der Waals surface area contributed by atoms with Crippen LogP contribution >= 0.6 is 43.5 Å². The Morgan fingerprint density at radius 3 is 2.62 bits per heavy atom. The van der Waals surface area contributed by atoms with E-state index in [0.29, 0.717) is 31.1 Å². The lowest BCUT2D eigenvalue weighted by molar-refractivity contribution is 0.133. The number of halogens is 3. The van der Waals surface area contributed by atoms with Crippen LogP contribution in [0.25, 0.3) is 11.0 Å². The van der Waals surface area contributed by atoms with E-state index in [-0.39, 0.29) is 24.1 Å². The first-order chi connectivity index (χ1) is 22.7. The summed E-state index contributed by atoms with van der Waals surface area (Å²) in [6, 6.07) is 19.4. The summed E-state index contributed by atoms with van der Waals surface area (Å²) in [4.78, 5) is 38.2. The van der Waals surface area contributed by atoms with E-state index < -0.39 is 0 Å². The van der Waals surface area contributed by atoms with Crippen molar-refractivity contribution in [3.05, 3.63) is 91.6 Å². The van der Waals surface area contributed by atoms with Crippen molar-refractivity contribution in [3.8, 4) is 0 Å². The normalized spacial score (nSPS) is 16.3. The van der Waals surface area contributed by atoms with Crippen molar-refractivity contribution in [1.29, 1.82) is 0 Å². The van der Waals surface area contributed by atoms with E-state index >= 15 is 0 Å². The van der Waals surface area contributed by atoms with Gasteiger partial charge in [-0.1, -0.05) is 35.9 Å². The quantitative estimate of drug-likeness (QED) is 0.182. The summed E-state index contributed by atoms with van der Waals surface area (Å²) >= 11 is 13.7. The zero-order valence-corrected chi connectivity index (χ0v) is 30.6. The molecule has 1 unspecified atom stereocenters. The zero-order valence-electron chi connectivity index (χ0n) is 26.7. The van der Waals surface area contributed by atoms with Gasteiger partial charge < -0.3 is 29.9 Å². The SMILES string of the molecule is CN(C)CCCn1c(C(Cc2ccc(Br)c(Br)c2)NC(=O)N2CCC(N3CCc4ccccc4NC3=O)CC2)nc2ccc(Cl)cc21. The second-order valence-corrected chi connectivity index (χ2v) is 14.8. The molecule has 2 N–H and O–H groups in total. The van der Waals surface area contributed by atoms with E-state index in [1.54, 1.807) is 0 Å². The lowest BCUT2D eigenvalue weighted by Crippen LogP contribution is -2.52. The maximum absolute atomic E-state index is 14.0. The van der Waals surface area contributed by atoms with Gasteiger partial charge in [-0.05, 0) is 132 Å². The number of nitrogens with one attached hydrogen (secondary N) is 2. The van der Waals surface area contributed by atoms with Crippen molar-refractivity contribution in [2.75, 3.05) is 45.6 Å². The maximum Gasteiger partial charge on any atom is 0.322 e. The molecule has 12 heteroatoms. The Hall–Kier alpha value is -3.12. The Morgan fingerprint density at radius 2 is 1.85 bits per heavy atom. The molecule has 0 bridgehead atoms. The van der Waals surface area contributed by atoms with Crippen LogP contribution in [0.4, 0.5) is 15.3 Å². The molecule has 248 valence electrons. The van der Waals surface area contributed by atoms with E-state index in [4.69, 9.17) is 16.6 Å². The topological polar surface area (TPSA) is 85.7 Å². The minimum absolute atomic E-state index is 0.0631. The molecular formula is C35H40Br2ClN7O2. The number of imidazole rings is 1. The molecule has 3 heterocycles. The molecule has 1 aromatic heterocycles. The first-order valence-corrected chi connectivity index (χ1v) is 18.1. The summed E-state index contributed by atoms with van der Waals surface area (Å²) < 4.78 is 4.14. The molecule has 0 saturated carbocycles. The van der Waals surface area contributed by atoms with Crippen molar-refractivity contribution in [2.45, 2.75) is 50.7 Å². The number of nitrogens with zero attached hydrogens (tertiary/aromatic N) is 5. The van der Waals surface area contributed by atoms with Crippen LogP contribution in [0.2, 0.25) is 5.02 Å². The predicted molar refractivity (Wildman–Crippen MR) is 195 cm³/mol. The van der Waals surface area contributed by atoms with Gasteiger partial charge in [-0.3, -0.25) is 0 Å². The second-order valence-electron chi connectivity index (χ2n) is 12.6. The van der Waals surface area contributed by atoms with E-state index in [2.05, 4.69) is 84.3 Å². The van der Waals surface area contributed by atoms with Crippen LogP contribution < -0.4 is 10.6 Å². The molecular weight excluding hydrogens is 746 g/mol. The molecule has 0 radical (unpaired) electrons. The molecule has 1 fully saturated rings. The molecule has 2 aliphatic heterocycles. The van der Waals surface area contributed by atoms with Crippen LogP contribution in [0.1, 0.15) is 42.3 Å². The number of para-hydroxylation sites is 1. The average molecular weight is 786 g/mol. The molecule has 1 atom stereocenters. The van der Waals surface area contributed by atoms with Crippen molar-refractivity contribution in [3.63, 3.8) is 0 Å². The number of urea groups is 2. The molecule has 4 amide bonds. The molecule has 1 saturated heterocycles. The van der Waals surface area contributed by atoms with Gasteiger partial charge in [0, 0.05) is 51.9 Å². The number of likely N-dealkylation sites (tertiary alicyclic amines) is 1. The van der Waals surface area contributed by atoms with E-state index in [0.717, 1.165) is 81.4 Å². The number of fused-ring (bicyclic) bond motifs is 2. The standard InChI is InChI=1S/C35H40Br2ClN7O2/c1-42(2)15-5-16-45-32-22-25(38)9-11-30(32)39-33(45)31(21-23-8-10-27(36)28(37)20-23)41-34(46)43-17-13-26(14-18-43)44-19-12-24-6-3-4-7-29(24)40-35(44)47/h3-4,6-11,20,22,26,31H,5,12-19,21H2,1-2H3,(H,40,47)(H,41,46). The minimum atomic E-state index is -0.381. The lowest BCUT2D eigenvalue weighted by Gasteiger charge is -2.38. The highest BCUT2D eigenvalue weighted by atomic mass is 79.9. The molecule has 6 rings (SSSR count). The van der Waals surface area contributed by atoms with Gasteiger partial charge in [0.2, 0.25) is 0 Å². The van der Waals surface area contributed by atoms with Crippen LogP contribution in [0, 0.1) is 0 Å². The Bertz CT molecular complexity index is 1760. The van der Waals surface area contributed by atoms with Gasteiger partial charge in [0.15, 0.2) is 0 Å². The fourth-order valence-corrected chi connectivity index (χ4v) is 7.47. The van der Waals surface area contributed by atoms with E-state index in [9.17, 15) is 9.59 Å². The van der Waals surface area contributed by atoms with Crippen LogP contribution in [-0.2, 0) is 19.4 Å². The summed E-state index contributed by atoms with van der Waals surface area (Å²) in [5, 5.41) is 7.11. The highest BCUT2D eigenvalue weighted by molar-refractivity contribution is 9.13. The van der Waals surface area contributed by atoms with Crippen LogP contribution in [0.15, 0.2) is 69.6 Å². The van der Waals surface area contributed by atoms with Gasteiger partial charge in [0.1, 0.15) is 5.82 Å². The van der Waals surface area contributed by atoms with Gasteiger partial charge in [0.05, 0.1) is 17.1 Å². The fraction of sp³-hybridized carbons (Fsp3) is 0.400. The highest BCUT2D eigenvalue weighted by Crippen LogP contribution is 2.30. The first-order valence-electron chi connectivity index (χ1n) is 16.1. The first kappa shape index (κ1) is 33.8. The third-order valence-electron chi connectivity index (χ3n) is 9.09. The van der Waals surface area contributed by atoms with Gasteiger partial charge in [-0.25, -0.2) is 14.6 Å².